The van der Waals surface area contributed by atoms with Crippen LogP contribution in [-0.2, 0) is 19.1 Å². The number of allylic oxidation sites excluding steroid dienone is 1. The number of β-lactam (4-membered cyclic amide) rings is 1. The second-order valence-corrected chi connectivity index (χ2v) is 9.34. The number of aliphatic carboxylic acids is 1. The molecule has 3 rings (SSSR count). The molecule has 1 unspecified atom stereocenters. The fraction of sp³-hybridized carbons (Fsp3) is 0.368. The van der Waals surface area contributed by atoms with Crippen molar-refractivity contribution in [1.29, 1.82) is 0 Å². The summed E-state index contributed by atoms with van der Waals surface area (Å²) in [4.78, 5) is 53.4. The van der Waals surface area contributed by atoms with Gasteiger partial charge in [0.1, 0.15) is 23.7 Å². The summed E-state index contributed by atoms with van der Waals surface area (Å²) in [5, 5.41) is 29.8. The quantitative estimate of drug-likeness (QED) is 0.0841. The number of hydrogen-bond acceptors (Lipinski definition) is 12. The Morgan fingerprint density at radius 1 is 1.46 bits per heavy atom. The van der Waals surface area contributed by atoms with Crippen LogP contribution in [-0.4, -0.2) is 74.5 Å². The zero-order chi connectivity index (χ0) is 25.0. The van der Waals surface area contributed by atoms with Gasteiger partial charge in [-0.1, -0.05) is 11.2 Å². The summed E-state index contributed by atoms with van der Waals surface area (Å²) in [6.45, 7) is 3.44. The fourth-order valence-electron chi connectivity index (χ4n) is 3.17. The smallest absolute Gasteiger partial charge is 0.543 e. The zero-order valence-electron chi connectivity index (χ0n) is 19.0. The number of nitrogens with zero attached hydrogens (tertiary/aromatic N) is 3. The average molecular weight is 533 g/mol. The Morgan fingerprint density at radius 3 is 2.74 bits per heavy atom. The summed E-state index contributed by atoms with van der Waals surface area (Å²) in [5.41, 5.74) is 5.10. The van der Waals surface area contributed by atoms with E-state index < -0.39 is 41.0 Å². The zero-order valence-corrected chi connectivity index (χ0v) is 22.6. The molecular formula is C19H21N6NaO7S2. The monoisotopic (exact) mass is 532 g/mol. The maximum absolute atomic E-state index is 12.7. The topological polar surface area (TPSA) is 199 Å². The Bertz CT molecular complexity index is 1100. The largest absolute Gasteiger partial charge is 1.00 e. The number of carbonyl (C=O) groups excluding carboxylic acids is 4. The molecule has 182 valence electrons. The second-order valence-electron chi connectivity index (χ2n) is 7.34. The van der Waals surface area contributed by atoms with Crippen molar-refractivity contribution in [1.82, 2.24) is 20.5 Å². The van der Waals surface area contributed by atoms with Gasteiger partial charge < -0.3 is 36.2 Å². The van der Waals surface area contributed by atoms with Crippen LogP contribution < -0.4 is 51.0 Å². The fourth-order valence-corrected chi connectivity index (χ4v) is 5.04. The Hall–Kier alpha value is -2.59. The second kappa shape index (κ2) is 12.4. The third-order valence-electron chi connectivity index (χ3n) is 4.59. The number of carboxylic acid groups (broad SMARTS) is 1. The molecular weight excluding hydrogens is 511 g/mol. The molecule has 2 aliphatic heterocycles. The SMILES string of the molecule is CC(C)NC(=O)OC/C=C\C1=C(C(=O)[O-])N2C(=O)C(NC(=O)/C(=N\O)c3csc(N)n3)[C@@H]2SC1.[Na+]. The van der Waals surface area contributed by atoms with Crippen LogP contribution in [0.2, 0.25) is 0 Å². The molecule has 2 atom stereocenters. The van der Waals surface area contributed by atoms with E-state index in [9.17, 15) is 29.5 Å². The number of aromatic nitrogens is 1. The molecule has 35 heavy (non-hydrogen) atoms. The number of ether oxygens (including phenoxy) is 1. The number of amides is 3. The molecule has 1 saturated heterocycles. The van der Waals surface area contributed by atoms with Crippen LogP contribution in [0.15, 0.2) is 34.0 Å². The molecule has 0 saturated carbocycles. The van der Waals surface area contributed by atoms with Crippen LogP contribution in [0, 0.1) is 0 Å². The van der Waals surface area contributed by atoms with E-state index in [-0.39, 0.29) is 64.5 Å². The molecule has 13 nitrogen and oxygen atoms in total. The van der Waals surface area contributed by atoms with E-state index in [2.05, 4.69) is 20.8 Å². The van der Waals surface area contributed by atoms with Crippen molar-refractivity contribution in [3.05, 3.63) is 34.5 Å². The van der Waals surface area contributed by atoms with Gasteiger partial charge in [-0.05, 0) is 25.5 Å². The van der Waals surface area contributed by atoms with Crippen molar-refractivity contribution < 1.29 is 63.8 Å². The summed E-state index contributed by atoms with van der Waals surface area (Å²) >= 11 is 2.26. The summed E-state index contributed by atoms with van der Waals surface area (Å²) in [5.74, 6) is -2.90. The number of nitrogen functional groups attached to an aromatic ring is 1. The first-order valence-corrected chi connectivity index (χ1v) is 11.8. The van der Waals surface area contributed by atoms with E-state index in [0.29, 0.717) is 5.57 Å². The van der Waals surface area contributed by atoms with E-state index in [0.717, 1.165) is 16.2 Å². The first kappa shape index (κ1) is 28.6. The van der Waals surface area contributed by atoms with Crippen LogP contribution in [0.25, 0.3) is 0 Å². The van der Waals surface area contributed by atoms with Crippen molar-refractivity contribution >= 4 is 57.8 Å². The standard InChI is InChI=1S/C19H22N6O7S2.Na/c1-8(2)21-19(30)32-5-3-4-9-6-33-16-12(15(27)25(16)13(9)17(28)29)23-14(26)11(24-31)10-7-34-18(20)22-10;/h3-4,7-8,12,16,31H,5-6H2,1-2H3,(H2,20,22)(H,21,30)(H,23,26)(H,28,29);/q;+1/p-1/b4-3-,24-11-;/t12?,16-;/m0./s1. The molecule has 3 amide bonds. The Balaban J connectivity index is 0.00000432. The van der Waals surface area contributed by atoms with Gasteiger partial charge >= 0.3 is 35.7 Å². The summed E-state index contributed by atoms with van der Waals surface area (Å²) < 4.78 is 4.95. The molecule has 2 aliphatic rings. The van der Waals surface area contributed by atoms with E-state index in [1.807, 2.05) is 0 Å². The minimum Gasteiger partial charge on any atom is -0.543 e. The number of hydrogen-bond donors (Lipinski definition) is 4. The number of rotatable bonds is 8. The molecule has 1 fully saturated rings. The van der Waals surface area contributed by atoms with Gasteiger partial charge in [0.2, 0.25) is 0 Å². The number of nitrogens with one attached hydrogen (secondary N) is 2. The Labute approximate surface area is 230 Å². The Morgan fingerprint density at radius 2 is 2.17 bits per heavy atom. The number of carbonyl (C=O) groups is 4. The molecule has 1 aromatic heterocycles. The van der Waals surface area contributed by atoms with Crippen LogP contribution in [0.3, 0.4) is 0 Å². The Kier molecular flexibility index (Phi) is 10.1. The molecule has 16 heteroatoms. The van der Waals surface area contributed by atoms with Crippen molar-refractivity contribution in [3.63, 3.8) is 0 Å². The molecule has 0 radical (unpaired) electrons. The molecule has 0 aliphatic carbocycles. The maximum Gasteiger partial charge on any atom is 1.00 e. The average Bonchev–Trinajstić information content (AvgIpc) is 3.20. The molecule has 0 bridgehead atoms. The number of nitrogens with two attached hydrogens (primary N) is 1. The van der Waals surface area contributed by atoms with Crippen LogP contribution in [0.1, 0.15) is 19.5 Å². The number of thiazole rings is 1. The van der Waals surface area contributed by atoms with Crippen molar-refractivity contribution in [2.24, 2.45) is 5.16 Å². The third-order valence-corrected chi connectivity index (χ3v) is 6.57. The predicted molar refractivity (Wildman–Crippen MR) is 121 cm³/mol. The van der Waals surface area contributed by atoms with Crippen LogP contribution >= 0.6 is 23.1 Å². The molecule has 5 N–H and O–H groups in total. The van der Waals surface area contributed by atoms with Gasteiger partial charge in [-0.2, -0.15) is 0 Å². The van der Waals surface area contributed by atoms with Crippen molar-refractivity contribution in [2.75, 3.05) is 18.1 Å². The van der Waals surface area contributed by atoms with E-state index in [4.69, 9.17) is 10.5 Å². The predicted octanol–water partition coefficient (Wildman–Crippen LogP) is -4.00. The van der Waals surface area contributed by atoms with Gasteiger partial charge in [-0.25, -0.2) is 9.78 Å². The van der Waals surface area contributed by atoms with Crippen LogP contribution in [0.4, 0.5) is 9.93 Å². The van der Waals surface area contributed by atoms with E-state index in [1.54, 1.807) is 13.8 Å². The molecule has 0 aromatic carbocycles. The van der Waals surface area contributed by atoms with Gasteiger partial charge in [0.05, 0.1) is 11.7 Å². The number of anilines is 1. The molecule has 1 aromatic rings. The number of carboxylic acids is 1. The minimum absolute atomic E-state index is 0. The first-order valence-electron chi connectivity index (χ1n) is 9.87. The summed E-state index contributed by atoms with van der Waals surface area (Å²) in [6.07, 6.45) is 2.28. The van der Waals surface area contributed by atoms with Crippen LogP contribution in [0.5, 0.6) is 0 Å². The summed E-state index contributed by atoms with van der Waals surface area (Å²) in [7, 11) is 0. The van der Waals surface area contributed by atoms with Crippen molar-refractivity contribution in [3.8, 4) is 0 Å². The number of thioether (sulfide) groups is 1. The number of oxime groups is 1. The number of alkyl carbamates (subject to hydrolysis) is 1. The molecule has 3 heterocycles. The maximum atomic E-state index is 12.7. The van der Waals surface area contributed by atoms with Gasteiger partial charge in [-0.3, -0.25) is 14.5 Å². The number of fused-ring (bicyclic) bond motifs is 1. The normalized spacial score (nSPS) is 19.7. The van der Waals surface area contributed by atoms with Gasteiger partial charge in [0.15, 0.2) is 10.8 Å². The third kappa shape index (κ3) is 6.55. The van der Waals surface area contributed by atoms with E-state index >= 15 is 0 Å². The van der Waals surface area contributed by atoms with Crippen molar-refractivity contribution in [2.45, 2.75) is 31.3 Å². The van der Waals surface area contributed by atoms with E-state index in [1.165, 1.54) is 29.3 Å². The minimum atomic E-state index is -1.56. The summed E-state index contributed by atoms with van der Waals surface area (Å²) in [6, 6.07) is -1.14. The van der Waals surface area contributed by atoms with Gasteiger partial charge in [0, 0.05) is 17.2 Å². The first-order chi connectivity index (χ1) is 16.1. The van der Waals surface area contributed by atoms with Gasteiger partial charge in [-0.15, -0.1) is 23.1 Å². The molecule has 0 spiro atoms. The van der Waals surface area contributed by atoms with Gasteiger partial charge in [0.25, 0.3) is 11.8 Å².